The highest BCUT2D eigenvalue weighted by molar-refractivity contribution is 6.06. The minimum absolute atomic E-state index is 0.0581. The van der Waals surface area contributed by atoms with E-state index in [0.29, 0.717) is 48.6 Å². The molecule has 2 aliphatic rings. The molecular weight excluding hydrogens is 671 g/mol. The molecule has 1 fully saturated rings. The van der Waals surface area contributed by atoms with Crippen LogP contribution in [-0.2, 0) is 30.4 Å². The van der Waals surface area contributed by atoms with Gasteiger partial charge in [-0.2, -0.15) is 0 Å². The molecule has 5 N–H and O–H groups in total. The normalized spacial score (nSPS) is 17.0. The lowest BCUT2D eigenvalue weighted by Crippen LogP contribution is -2.57. The van der Waals surface area contributed by atoms with Gasteiger partial charge in [0.05, 0.1) is 5.69 Å². The second-order valence-electron chi connectivity index (χ2n) is 14.0. The number of halogens is 1. The molecule has 52 heavy (non-hydrogen) atoms. The number of nitrogens with one attached hydrogen (secondary N) is 3. The van der Waals surface area contributed by atoms with Gasteiger partial charge in [-0.3, -0.25) is 24.1 Å². The van der Waals surface area contributed by atoms with Crippen LogP contribution in [0, 0.1) is 11.7 Å². The lowest BCUT2D eigenvalue weighted by atomic mass is 9.90. The van der Waals surface area contributed by atoms with E-state index in [2.05, 4.69) is 16.0 Å². The van der Waals surface area contributed by atoms with Crippen LogP contribution in [0.15, 0.2) is 66.7 Å². The number of carbonyl (C=O) groups is 5. The van der Waals surface area contributed by atoms with Gasteiger partial charge < -0.3 is 36.1 Å². The number of ether oxygens (including phenoxy) is 2. The summed E-state index contributed by atoms with van der Waals surface area (Å²) in [6.45, 7) is 7.50. The molecule has 13 nitrogen and oxygen atoms in total. The van der Waals surface area contributed by atoms with E-state index in [1.807, 2.05) is 0 Å². The van der Waals surface area contributed by atoms with Gasteiger partial charge in [-0.1, -0.05) is 24.3 Å². The second-order valence-corrected chi connectivity index (χ2v) is 14.0. The van der Waals surface area contributed by atoms with E-state index in [-0.39, 0.29) is 23.7 Å². The fourth-order valence-electron chi connectivity index (χ4n) is 6.16. The minimum atomic E-state index is -1.18. The van der Waals surface area contributed by atoms with Crippen LogP contribution >= 0.6 is 0 Å². The van der Waals surface area contributed by atoms with Crippen LogP contribution in [0.25, 0.3) is 0 Å². The fourth-order valence-corrected chi connectivity index (χ4v) is 6.16. The standard InChI is InChI=1S/C38H45FN6O7/c1-22(44(5)37(50)52-38(2,3)4)33(46)43-31(23-16-18-51-19-17-23)36(49)45-21-25-8-6-7-9-28(25)32(45)35(48)42-30-20-24(10-15-29(30)39)34(47)41-27-13-11-26(40)12-14-27/h6-15,20,22-23,31-32H,16-19,21,40H2,1-5H3,(H,41,47)(H,42,48)(H,43,46)/t22-,31-,32-/m0/s1. The van der Waals surface area contributed by atoms with Crippen molar-refractivity contribution in [1.29, 1.82) is 0 Å². The summed E-state index contributed by atoms with van der Waals surface area (Å²) in [4.78, 5) is 70.6. The smallest absolute Gasteiger partial charge is 0.410 e. The number of hydrogen-bond acceptors (Lipinski definition) is 8. The van der Waals surface area contributed by atoms with Crippen molar-refractivity contribution in [2.24, 2.45) is 5.92 Å². The highest BCUT2D eigenvalue weighted by Gasteiger charge is 2.44. The fraction of sp³-hybridized carbons (Fsp3) is 0.395. The Hall–Kier alpha value is -5.50. The summed E-state index contributed by atoms with van der Waals surface area (Å²) in [6, 6.07) is 13.9. The summed E-state index contributed by atoms with van der Waals surface area (Å²) in [5, 5.41) is 8.18. The Morgan fingerprint density at radius 1 is 0.981 bits per heavy atom. The van der Waals surface area contributed by atoms with Crippen LogP contribution in [0.4, 0.5) is 26.2 Å². The molecule has 0 aromatic heterocycles. The van der Waals surface area contributed by atoms with Gasteiger partial charge in [0, 0.05) is 43.7 Å². The monoisotopic (exact) mass is 716 g/mol. The largest absolute Gasteiger partial charge is 0.444 e. The summed E-state index contributed by atoms with van der Waals surface area (Å²) in [5.41, 5.74) is 7.03. The number of hydrogen-bond donors (Lipinski definition) is 4. The topological polar surface area (TPSA) is 172 Å². The average molecular weight is 717 g/mol. The third-order valence-electron chi connectivity index (χ3n) is 9.13. The molecule has 0 bridgehead atoms. The van der Waals surface area contributed by atoms with E-state index < -0.39 is 59.3 Å². The maximum atomic E-state index is 15.2. The highest BCUT2D eigenvalue weighted by Crippen LogP contribution is 2.37. The first-order valence-corrected chi connectivity index (χ1v) is 17.1. The first kappa shape index (κ1) is 37.7. The number of amides is 5. The number of nitrogens with two attached hydrogens (primary N) is 1. The Labute approximate surface area is 302 Å². The number of nitrogens with zero attached hydrogens (tertiary/aromatic N) is 2. The molecule has 14 heteroatoms. The quantitative estimate of drug-likeness (QED) is 0.228. The van der Waals surface area contributed by atoms with Crippen molar-refractivity contribution in [2.75, 3.05) is 36.6 Å². The summed E-state index contributed by atoms with van der Waals surface area (Å²) in [7, 11) is 1.44. The second kappa shape index (κ2) is 15.8. The molecule has 2 heterocycles. The summed E-state index contributed by atoms with van der Waals surface area (Å²) in [6.07, 6.45) is 0.247. The van der Waals surface area contributed by atoms with Gasteiger partial charge in [0.15, 0.2) is 0 Å². The Morgan fingerprint density at radius 3 is 2.33 bits per heavy atom. The van der Waals surface area contributed by atoms with Crippen LogP contribution in [-0.4, -0.2) is 77.5 Å². The van der Waals surface area contributed by atoms with Gasteiger partial charge in [-0.15, -0.1) is 0 Å². The van der Waals surface area contributed by atoms with Crippen molar-refractivity contribution in [3.63, 3.8) is 0 Å². The van der Waals surface area contributed by atoms with E-state index in [1.54, 1.807) is 69.3 Å². The highest BCUT2D eigenvalue weighted by atomic mass is 19.1. The molecule has 5 rings (SSSR count). The van der Waals surface area contributed by atoms with Crippen LogP contribution in [0.5, 0.6) is 0 Å². The summed E-state index contributed by atoms with van der Waals surface area (Å²) in [5.74, 6) is -3.44. The lowest BCUT2D eigenvalue weighted by molar-refractivity contribution is -0.144. The van der Waals surface area contributed by atoms with Crippen molar-refractivity contribution in [2.45, 2.75) is 70.8 Å². The molecule has 276 valence electrons. The molecule has 2 aliphatic heterocycles. The zero-order valence-corrected chi connectivity index (χ0v) is 29.9. The third-order valence-corrected chi connectivity index (χ3v) is 9.13. The molecule has 3 atom stereocenters. The average Bonchev–Trinajstić information content (AvgIpc) is 3.51. The molecule has 0 unspecified atom stereocenters. The Kier molecular flexibility index (Phi) is 11.5. The van der Waals surface area contributed by atoms with Gasteiger partial charge in [0.25, 0.3) is 11.8 Å². The van der Waals surface area contributed by atoms with E-state index in [1.165, 1.54) is 31.0 Å². The Bertz CT molecular complexity index is 1820. The van der Waals surface area contributed by atoms with E-state index in [0.717, 1.165) is 11.0 Å². The van der Waals surface area contributed by atoms with Crippen molar-refractivity contribution >= 4 is 46.8 Å². The lowest BCUT2D eigenvalue weighted by Gasteiger charge is -2.36. The van der Waals surface area contributed by atoms with Crippen molar-refractivity contribution in [3.8, 4) is 0 Å². The first-order valence-electron chi connectivity index (χ1n) is 17.1. The minimum Gasteiger partial charge on any atom is -0.444 e. The first-order chi connectivity index (χ1) is 24.6. The summed E-state index contributed by atoms with van der Waals surface area (Å²) < 4.78 is 26.1. The molecule has 1 saturated heterocycles. The third kappa shape index (κ3) is 8.86. The molecule has 3 aromatic carbocycles. The van der Waals surface area contributed by atoms with E-state index in [9.17, 15) is 24.0 Å². The van der Waals surface area contributed by atoms with Gasteiger partial charge >= 0.3 is 6.09 Å². The predicted molar refractivity (Wildman–Crippen MR) is 193 cm³/mol. The molecule has 0 saturated carbocycles. The van der Waals surface area contributed by atoms with Crippen molar-refractivity contribution in [3.05, 3.63) is 89.2 Å². The number of nitrogen functional groups attached to an aromatic ring is 1. The van der Waals surface area contributed by atoms with Crippen LogP contribution < -0.4 is 21.7 Å². The molecule has 0 radical (unpaired) electrons. The van der Waals surface area contributed by atoms with Crippen LogP contribution in [0.2, 0.25) is 0 Å². The van der Waals surface area contributed by atoms with Gasteiger partial charge in [0.1, 0.15) is 29.5 Å². The number of carbonyl (C=O) groups excluding carboxylic acids is 5. The van der Waals surface area contributed by atoms with E-state index in [4.69, 9.17) is 15.2 Å². The number of likely N-dealkylation sites (N-methyl/N-ethyl adjacent to an activating group) is 1. The predicted octanol–water partition coefficient (Wildman–Crippen LogP) is 4.85. The molecule has 5 amide bonds. The zero-order chi connectivity index (χ0) is 37.7. The Balaban J connectivity index is 1.39. The maximum absolute atomic E-state index is 15.2. The van der Waals surface area contributed by atoms with E-state index >= 15 is 4.39 Å². The van der Waals surface area contributed by atoms with Crippen molar-refractivity contribution in [1.82, 2.24) is 15.1 Å². The molecule has 0 aliphatic carbocycles. The van der Waals surface area contributed by atoms with Crippen LogP contribution in [0.1, 0.15) is 68.1 Å². The summed E-state index contributed by atoms with van der Waals surface area (Å²) >= 11 is 0. The SMILES string of the molecule is C[C@@H](C(=O)N[C@H](C(=O)N1Cc2ccccc2[C@H]1C(=O)Nc1cc(C(=O)Nc2ccc(N)cc2)ccc1F)C1CCOCC1)N(C)C(=O)OC(C)(C)C. The van der Waals surface area contributed by atoms with Crippen molar-refractivity contribution < 1.29 is 37.8 Å². The number of rotatable bonds is 9. The molecule has 0 spiro atoms. The number of fused-ring (bicyclic) bond motifs is 1. The molecular formula is C38H45FN6O7. The number of anilines is 3. The van der Waals surface area contributed by atoms with Gasteiger partial charge in [-0.05, 0) is 100 Å². The maximum Gasteiger partial charge on any atom is 0.410 e. The molecule has 3 aromatic rings. The number of benzene rings is 3. The van der Waals surface area contributed by atoms with Gasteiger partial charge in [-0.25, -0.2) is 9.18 Å². The van der Waals surface area contributed by atoms with Gasteiger partial charge in [0.2, 0.25) is 11.8 Å². The Morgan fingerprint density at radius 2 is 1.65 bits per heavy atom. The zero-order valence-electron chi connectivity index (χ0n) is 29.9. The van der Waals surface area contributed by atoms with Crippen LogP contribution in [0.3, 0.4) is 0 Å².